The van der Waals surface area contributed by atoms with Crippen LogP contribution in [0.1, 0.15) is 23.2 Å². The van der Waals surface area contributed by atoms with Gasteiger partial charge in [-0.3, -0.25) is 4.79 Å². The highest BCUT2D eigenvalue weighted by atomic mass is 19.1. The molecular weight excluding hydrogens is 337 g/mol. The Morgan fingerprint density at radius 1 is 1.23 bits per heavy atom. The molecule has 0 aliphatic heterocycles. The average Bonchev–Trinajstić information content (AvgIpc) is 2.60. The predicted molar refractivity (Wildman–Crippen MR) is 93.6 cm³/mol. The number of aliphatic hydroxyl groups excluding tert-OH is 1. The average molecular weight is 353 g/mol. The molecule has 3 aromatic rings. The van der Waals surface area contributed by atoms with E-state index < -0.39 is 5.82 Å². The van der Waals surface area contributed by atoms with Crippen molar-refractivity contribution in [1.82, 2.24) is 20.3 Å². The van der Waals surface area contributed by atoms with Crippen LogP contribution in [-0.2, 0) is 0 Å². The number of carbonyl (C=O) groups is 1. The number of carbonyl (C=O) groups excluding carboxylic acids is 1. The molecule has 0 unspecified atom stereocenters. The monoisotopic (exact) mass is 353 g/mol. The van der Waals surface area contributed by atoms with Gasteiger partial charge in [0.1, 0.15) is 17.7 Å². The standard InChI is InChI=1S/C18H16FN5O2/c19-11-4-9(3-10(5-11)18(26)23-12-6-13(25)7-12)14-1-2-15-16(24-14)17(20)22-8-21-15/h1-5,8,12-13,25H,6-7H2,(H,23,26)(H2,20,21,22). The third-order valence-electron chi connectivity index (χ3n) is 4.41. The summed E-state index contributed by atoms with van der Waals surface area (Å²) in [6.07, 6.45) is 2.00. The summed E-state index contributed by atoms with van der Waals surface area (Å²) in [4.78, 5) is 24.7. The van der Waals surface area contributed by atoms with Gasteiger partial charge in [-0.15, -0.1) is 0 Å². The summed E-state index contributed by atoms with van der Waals surface area (Å²) >= 11 is 0. The first kappa shape index (κ1) is 16.3. The van der Waals surface area contributed by atoms with E-state index in [2.05, 4.69) is 20.3 Å². The fourth-order valence-corrected chi connectivity index (χ4v) is 2.96. The SMILES string of the molecule is Nc1ncnc2ccc(-c3cc(F)cc(C(=O)NC4CC(O)C4)c3)nc12. The van der Waals surface area contributed by atoms with Gasteiger partial charge in [0.05, 0.1) is 17.3 Å². The third-order valence-corrected chi connectivity index (χ3v) is 4.41. The second kappa shape index (κ2) is 6.30. The van der Waals surface area contributed by atoms with Crippen LogP contribution in [0.5, 0.6) is 0 Å². The van der Waals surface area contributed by atoms with E-state index in [9.17, 15) is 14.3 Å². The van der Waals surface area contributed by atoms with E-state index in [0.717, 1.165) is 0 Å². The van der Waals surface area contributed by atoms with Gasteiger partial charge >= 0.3 is 0 Å². The van der Waals surface area contributed by atoms with Crippen LogP contribution in [0.2, 0.25) is 0 Å². The van der Waals surface area contributed by atoms with Crippen LogP contribution >= 0.6 is 0 Å². The summed E-state index contributed by atoms with van der Waals surface area (Å²) in [5.74, 6) is -0.693. The van der Waals surface area contributed by atoms with Gasteiger partial charge in [-0.1, -0.05) is 0 Å². The lowest BCUT2D eigenvalue weighted by molar-refractivity contribution is 0.0562. The molecule has 1 amide bonds. The van der Waals surface area contributed by atoms with E-state index in [1.807, 2.05) is 0 Å². The van der Waals surface area contributed by atoms with Crippen molar-refractivity contribution in [2.75, 3.05) is 5.73 Å². The Hall–Kier alpha value is -3.13. The number of aromatic nitrogens is 3. The maximum atomic E-state index is 14.1. The fraction of sp³-hybridized carbons (Fsp3) is 0.222. The van der Waals surface area contributed by atoms with Gasteiger partial charge in [0.15, 0.2) is 5.82 Å². The van der Waals surface area contributed by atoms with E-state index in [1.165, 1.54) is 18.5 Å². The van der Waals surface area contributed by atoms with E-state index >= 15 is 0 Å². The van der Waals surface area contributed by atoms with Crippen molar-refractivity contribution in [3.8, 4) is 11.3 Å². The lowest BCUT2D eigenvalue weighted by Gasteiger charge is -2.31. The summed E-state index contributed by atoms with van der Waals surface area (Å²) in [7, 11) is 0. The van der Waals surface area contributed by atoms with Gasteiger partial charge in [0.2, 0.25) is 0 Å². The molecule has 8 heteroatoms. The predicted octanol–water partition coefficient (Wildman–Crippen LogP) is 1.67. The number of aliphatic hydroxyl groups is 1. The summed E-state index contributed by atoms with van der Waals surface area (Å²) in [6, 6.07) is 7.37. The molecule has 4 rings (SSSR count). The molecule has 4 N–H and O–H groups in total. The number of nitrogens with two attached hydrogens (primary N) is 1. The van der Waals surface area contributed by atoms with Gasteiger partial charge in [0, 0.05) is 17.2 Å². The summed E-state index contributed by atoms with van der Waals surface area (Å²) in [5.41, 5.74) is 7.94. The largest absolute Gasteiger partial charge is 0.393 e. The van der Waals surface area contributed by atoms with E-state index in [0.29, 0.717) is 35.1 Å². The minimum absolute atomic E-state index is 0.0834. The summed E-state index contributed by atoms with van der Waals surface area (Å²) in [6.45, 7) is 0. The number of nitrogens with one attached hydrogen (secondary N) is 1. The zero-order valence-electron chi connectivity index (χ0n) is 13.7. The highest BCUT2D eigenvalue weighted by Crippen LogP contribution is 2.25. The molecule has 26 heavy (non-hydrogen) atoms. The number of rotatable bonds is 3. The molecule has 0 bridgehead atoms. The molecule has 2 aromatic heterocycles. The Balaban J connectivity index is 1.67. The Bertz CT molecular complexity index is 1000. The summed E-state index contributed by atoms with van der Waals surface area (Å²) < 4.78 is 14.1. The highest BCUT2D eigenvalue weighted by Gasteiger charge is 2.28. The number of anilines is 1. The van der Waals surface area contributed by atoms with Crippen LogP contribution in [0.3, 0.4) is 0 Å². The maximum absolute atomic E-state index is 14.1. The van der Waals surface area contributed by atoms with Crippen LogP contribution in [0, 0.1) is 5.82 Å². The summed E-state index contributed by atoms with van der Waals surface area (Å²) in [5, 5.41) is 12.1. The number of pyridine rings is 1. The Morgan fingerprint density at radius 2 is 2.04 bits per heavy atom. The topological polar surface area (TPSA) is 114 Å². The number of halogens is 1. The van der Waals surface area contributed by atoms with Crippen molar-refractivity contribution in [3.63, 3.8) is 0 Å². The minimum Gasteiger partial charge on any atom is -0.393 e. The first-order valence-corrected chi connectivity index (χ1v) is 8.17. The molecule has 0 saturated heterocycles. The van der Waals surface area contributed by atoms with Gasteiger partial charge in [-0.2, -0.15) is 0 Å². The van der Waals surface area contributed by atoms with Crippen molar-refractivity contribution in [3.05, 3.63) is 48.0 Å². The Kier molecular flexibility index (Phi) is 3.96. The third kappa shape index (κ3) is 3.06. The minimum atomic E-state index is -0.541. The van der Waals surface area contributed by atoms with Crippen molar-refractivity contribution in [2.45, 2.75) is 25.0 Å². The second-order valence-electron chi connectivity index (χ2n) is 6.35. The highest BCUT2D eigenvalue weighted by molar-refractivity contribution is 5.96. The number of hydrogen-bond donors (Lipinski definition) is 3. The zero-order chi connectivity index (χ0) is 18.3. The number of nitrogens with zero attached hydrogens (tertiary/aromatic N) is 3. The first-order chi connectivity index (χ1) is 12.5. The van der Waals surface area contributed by atoms with Crippen LogP contribution in [0.25, 0.3) is 22.3 Å². The molecule has 1 fully saturated rings. The smallest absolute Gasteiger partial charge is 0.251 e. The van der Waals surface area contributed by atoms with Crippen LogP contribution in [0.4, 0.5) is 10.2 Å². The maximum Gasteiger partial charge on any atom is 0.251 e. The zero-order valence-corrected chi connectivity index (χ0v) is 13.7. The molecule has 132 valence electrons. The molecule has 1 aliphatic carbocycles. The molecule has 1 aromatic carbocycles. The molecule has 0 spiro atoms. The van der Waals surface area contributed by atoms with Gasteiger partial charge in [0.25, 0.3) is 5.91 Å². The number of amides is 1. The van der Waals surface area contributed by atoms with E-state index in [-0.39, 0.29) is 29.4 Å². The van der Waals surface area contributed by atoms with Gasteiger partial charge in [-0.05, 0) is 43.2 Å². The Labute approximate surface area is 148 Å². The molecule has 7 nitrogen and oxygen atoms in total. The van der Waals surface area contributed by atoms with Crippen molar-refractivity contribution >= 4 is 22.8 Å². The molecule has 1 aliphatic rings. The molecule has 1 saturated carbocycles. The van der Waals surface area contributed by atoms with Crippen molar-refractivity contribution in [2.24, 2.45) is 0 Å². The van der Waals surface area contributed by atoms with Crippen molar-refractivity contribution in [1.29, 1.82) is 0 Å². The lowest BCUT2D eigenvalue weighted by atomic mass is 9.89. The van der Waals surface area contributed by atoms with Crippen molar-refractivity contribution < 1.29 is 14.3 Å². The Morgan fingerprint density at radius 3 is 2.81 bits per heavy atom. The van der Waals surface area contributed by atoms with Crippen LogP contribution in [-0.4, -0.2) is 38.1 Å². The number of hydrogen-bond acceptors (Lipinski definition) is 6. The molecular formula is C18H16FN5O2. The second-order valence-corrected chi connectivity index (χ2v) is 6.35. The number of benzene rings is 1. The normalized spacial score (nSPS) is 19.2. The first-order valence-electron chi connectivity index (χ1n) is 8.17. The van der Waals surface area contributed by atoms with Crippen LogP contribution in [0.15, 0.2) is 36.7 Å². The fourth-order valence-electron chi connectivity index (χ4n) is 2.96. The van der Waals surface area contributed by atoms with E-state index in [1.54, 1.807) is 18.2 Å². The molecule has 2 heterocycles. The van der Waals surface area contributed by atoms with Gasteiger partial charge < -0.3 is 16.2 Å². The van der Waals surface area contributed by atoms with Gasteiger partial charge in [-0.25, -0.2) is 19.3 Å². The number of fused-ring (bicyclic) bond motifs is 1. The van der Waals surface area contributed by atoms with Crippen LogP contribution < -0.4 is 11.1 Å². The lowest BCUT2D eigenvalue weighted by Crippen LogP contribution is -2.46. The van der Waals surface area contributed by atoms with E-state index in [4.69, 9.17) is 5.73 Å². The molecule has 0 radical (unpaired) electrons. The number of nitrogen functional groups attached to an aromatic ring is 1. The quantitative estimate of drug-likeness (QED) is 0.660. The molecule has 0 atom stereocenters.